The Morgan fingerprint density at radius 2 is 1.84 bits per heavy atom. The molecule has 0 aromatic heterocycles. The Labute approximate surface area is 112 Å². The van der Waals surface area contributed by atoms with Gasteiger partial charge in [-0.2, -0.15) is 0 Å². The fourth-order valence-electron chi connectivity index (χ4n) is 2.10. The fraction of sp³-hybridized carbons (Fsp3) is 0.125. The summed E-state index contributed by atoms with van der Waals surface area (Å²) in [6.07, 6.45) is 3.79. The molecule has 0 spiro atoms. The van der Waals surface area contributed by atoms with Crippen molar-refractivity contribution in [3.05, 3.63) is 69.8 Å². The Morgan fingerprint density at radius 1 is 1.16 bits per heavy atom. The van der Waals surface area contributed by atoms with Crippen molar-refractivity contribution in [1.29, 1.82) is 0 Å². The van der Waals surface area contributed by atoms with Crippen molar-refractivity contribution in [2.75, 3.05) is 0 Å². The largest absolute Gasteiger partial charge is 0.270 e. The minimum atomic E-state index is -0.348. The zero-order valence-corrected chi connectivity index (χ0v) is 11.0. The molecule has 3 heteroatoms. The Balaban J connectivity index is 2.69. The van der Waals surface area contributed by atoms with Crippen LogP contribution in [0.25, 0.3) is 17.2 Å². The molecule has 0 atom stereocenters. The summed E-state index contributed by atoms with van der Waals surface area (Å²) in [4.78, 5) is 10.7. The second kappa shape index (κ2) is 5.48. The number of hydrogen-bond acceptors (Lipinski definition) is 2. The van der Waals surface area contributed by atoms with E-state index >= 15 is 0 Å². The summed E-state index contributed by atoms with van der Waals surface area (Å²) in [5.41, 5.74) is 3.96. The quantitative estimate of drug-likeness (QED) is 0.592. The number of non-ortho nitro benzene ring substituents is 1. The fourth-order valence-corrected chi connectivity index (χ4v) is 2.10. The molecule has 19 heavy (non-hydrogen) atoms. The van der Waals surface area contributed by atoms with E-state index in [0.29, 0.717) is 0 Å². The minimum Gasteiger partial charge on any atom is -0.258 e. The first-order valence-corrected chi connectivity index (χ1v) is 6.10. The summed E-state index contributed by atoms with van der Waals surface area (Å²) in [5, 5.41) is 11.0. The number of nitro groups is 1. The molecule has 0 saturated carbocycles. The predicted molar refractivity (Wildman–Crippen MR) is 78.0 cm³/mol. The first kappa shape index (κ1) is 13.0. The maximum atomic E-state index is 11.0. The summed E-state index contributed by atoms with van der Waals surface area (Å²) in [5.74, 6) is 0. The third-order valence-corrected chi connectivity index (χ3v) is 3.07. The maximum Gasteiger partial charge on any atom is 0.270 e. The van der Waals surface area contributed by atoms with E-state index in [1.165, 1.54) is 0 Å². The minimum absolute atomic E-state index is 0.123. The molecule has 0 amide bonds. The second-order valence-corrected chi connectivity index (χ2v) is 4.33. The molecule has 0 aliphatic rings. The maximum absolute atomic E-state index is 11.0. The van der Waals surface area contributed by atoms with E-state index < -0.39 is 0 Å². The lowest BCUT2D eigenvalue weighted by Crippen LogP contribution is -1.94. The van der Waals surface area contributed by atoms with E-state index in [-0.39, 0.29) is 10.6 Å². The predicted octanol–water partition coefficient (Wildman–Crippen LogP) is 4.60. The summed E-state index contributed by atoms with van der Waals surface area (Å²) in [6.45, 7) is 3.89. The highest BCUT2D eigenvalue weighted by Gasteiger charge is 2.13. The number of hydrogen-bond donors (Lipinski definition) is 0. The van der Waals surface area contributed by atoms with E-state index in [9.17, 15) is 10.1 Å². The van der Waals surface area contributed by atoms with Crippen molar-refractivity contribution in [3.63, 3.8) is 0 Å². The van der Waals surface area contributed by atoms with Crippen LogP contribution in [0, 0.1) is 17.0 Å². The van der Waals surface area contributed by atoms with E-state index in [1.807, 2.05) is 56.3 Å². The molecule has 2 aromatic carbocycles. The van der Waals surface area contributed by atoms with Gasteiger partial charge < -0.3 is 0 Å². The van der Waals surface area contributed by atoms with Crippen molar-refractivity contribution in [2.45, 2.75) is 13.8 Å². The summed E-state index contributed by atoms with van der Waals surface area (Å²) in [6, 6.07) is 13.0. The van der Waals surface area contributed by atoms with Gasteiger partial charge in [0.1, 0.15) is 0 Å². The van der Waals surface area contributed by atoms with Crippen LogP contribution in [0.15, 0.2) is 48.5 Å². The standard InChI is InChI=1S/C16H15NO2/c1-3-7-14-10-15(17(18)19)11-16(12(14)2)13-8-5-4-6-9-13/h3-11H,1-2H3/b7-3-. The molecular weight excluding hydrogens is 238 g/mol. The third-order valence-electron chi connectivity index (χ3n) is 3.07. The van der Waals surface area contributed by atoms with Crippen LogP contribution in [0.1, 0.15) is 18.1 Å². The first-order chi connectivity index (χ1) is 9.13. The molecular formula is C16H15NO2. The van der Waals surface area contributed by atoms with Gasteiger partial charge in [0.2, 0.25) is 0 Å². The van der Waals surface area contributed by atoms with E-state index in [1.54, 1.807) is 12.1 Å². The van der Waals surface area contributed by atoms with E-state index in [0.717, 1.165) is 22.3 Å². The van der Waals surface area contributed by atoms with Gasteiger partial charge in [-0.3, -0.25) is 10.1 Å². The third kappa shape index (κ3) is 2.71. The van der Waals surface area contributed by atoms with Crippen molar-refractivity contribution in [1.82, 2.24) is 0 Å². The van der Waals surface area contributed by atoms with Crippen LogP contribution in [-0.2, 0) is 0 Å². The zero-order valence-electron chi connectivity index (χ0n) is 11.0. The number of nitro benzene ring substituents is 1. The summed E-state index contributed by atoms with van der Waals surface area (Å²) >= 11 is 0. The van der Waals surface area contributed by atoms with Gasteiger partial charge >= 0.3 is 0 Å². The van der Waals surface area contributed by atoms with E-state index in [4.69, 9.17) is 0 Å². The van der Waals surface area contributed by atoms with Crippen molar-refractivity contribution < 1.29 is 4.92 Å². The van der Waals surface area contributed by atoms with Gasteiger partial charge in [-0.1, -0.05) is 42.5 Å². The molecule has 0 aliphatic heterocycles. The molecule has 2 aromatic rings. The molecule has 0 saturated heterocycles. The number of nitrogens with zero attached hydrogens (tertiary/aromatic N) is 1. The Hall–Kier alpha value is -2.42. The van der Waals surface area contributed by atoms with Crippen LogP contribution in [0.4, 0.5) is 5.69 Å². The molecule has 96 valence electrons. The molecule has 2 rings (SSSR count). The second-order valence-electron chi connectivity index (χ2n) is 4.33. The lowest BCUT2D eigenvalue weighted by Gasteiger charge is -2.09. The van der Waals surface area contributed by atoms with Crippen LogP contribution >= 0.6 is 0 Å². The molecule has 0 radical (unpaired) electrons. The number of rotatable bonds is 3. The van der Waals surface area contributed by atoms with Gasteiger partial charge in [-0.05, 0) is 36.1 Å². The lowest BCUT2D eigenvalue weighted by molar-refractivity contribution is -0.384. The van der Waals surface area contributed by atoms with E-state index in [2.05, 4.69) is 0 Å². The monoisotopic (exact) mass is 253 g/mol. The molecule has 0 heterocycles. The zero-order chi connectivity index (χ0) is 13.8. The van der Waals surface area contributed by atoms with Crippen LogP contribution in [0.3, 0.4) is 0 Å². The molecule has 0 fully saturated rings. The average molecular weight is 253 g/mol. The number of benzene rings is 2. The SMILES string of the molecule is C/C=C\c1cc([N+](=O)[O-])cc(-c2ccccc2)c1C. The van der Waals surface area contributed by atoms with Crippen LogP contribution in [0.2, 0.25) is 0 Å². The van der Waals surface area contributed by atoms with Crippen LogP contribution in [0.5, 0.6) is 0 Å². The molecule has 0 unspecified atom stereocenters. The summed E-state index contributed by atoms with van der Waals surface area (Å²) < 4.78 is 0. The van der Waals surface area contributed by atoms with Crippen LogP contribution < -0.4 is 0 Å². The summed E-state index contributed by atoms with van der Waals surface area (Å²) in [7, 11) is 0. The molecule has 0 bridgehead atoms. The van der Waals surface area contributed by atoms with Gasteiger partial charge in [0.05, 0.1) is 4.92 Å². The smallest absolute Gasteiger partial charge is 0.258 e. The van der Waals surface area contributed by atoms with Crippen molar-refractivity contribution in [3.8, 4) is 11.1 Å². The topological polar surface area (TPSA) is 43.1 Å². The van der Waals surface area contributed by atoms with Gasteiger partial charge in [-0.25, -0.2) is 0 Å². The van der Waals surface area contributed by atoms with Crippen molar-refractivity contribution in [2.24, 2.45) is 0 Å². The van der Waals surface area contributed by atoms with Gasteiger partial charge in [0.25, 0.3) is 5.69 Å². The normalized spacial score (nSPS) is 10.8. The highest BCUT2D eigenvalue weighted by Crippen LogP contribution is 2.31. The Morgan fingerprint density at radius 3 is 2.42 bits per heavy atom. The average Bonchev–Trinajstić information content (AvgIpc) is 2.42. The first-order valence-electron chi connectivity index (χ1n) is 6.10. The number of allylic oxidation sites excluding steroid dienone is 1. The van der Waals surface area contributed by atoms with Gasteiger partial charge in [-0.15, -0.1) is 0 Å². The van der Waals surface area contributed by atoms with Crippen LogP contribution in [-0.4, -0.2) is 4.92 Å². The lowest BCUT2D eigenvalue weighted by atomic mass is 9.95. The Kier molecular flexibility index (Phi) is 3.76. The molecule has 0 N–H and O–H groups in total. The highest BCUT2D eigenvalue weighted by molar-refractivity contribution is 5.75. The molecule has 0 aliphatic carbocycles. The highest BCUT2D eigenvalue weighted by atomic mass is 16.6. The molecule has 3 nitrogen and oxygen atoms in total. The van der Waals surface area contributed by atoms with Gasteiger partial charge in [0.15, 0.2) is 0 Å². The Bertz CT molecular complexity index is 631. The van der Waals surface area contributed by atoms with Crippen molar-refractivity contribution >= 4 is 11.8 Å². The van der Waals surface area contributed by atoms with Gasteiger partial charge in [0, 0.05) is 12.1 Å².